The molecule has 1 fully saturated rings. The summed E-state index contributed by atoms with van der Waals surface area (Å²) in [5, 5.41) is 3.24. The molecule has 0 bridgehead atoms. The highest BCUT2D eigenvalue weighted by Crippen LogP contribution is 2.18. The van der Waals surface area contributed by atoms with E-state index in [9.17, 15) is 13.2 Å². The third kappa shape index (κ3) is 5.45. The molecule has 1 amide bonds. The van der Waals surface area contributed by atoms with Crippen LogP contribution in [0.5, 0.6) is 0 Å². The van der Waals surface area contributed by atoms with E-state index in [2.05, 4.69) is 16.2 Å². The van der Waals surface area contributed by atoms with Crippen molar-refractivity contribution in [2.45, 2.75) is 12.8 Å². The fourth-order valence-corrected chi connectivity index (χ4v) is 3.40. The van der Waals surface area contributed by atoms with Crippen molar-refractivity contribution >= 4 is 38.9 Å². The quantitative estimate of drug-likeness (QED) is 0.545. The predicted molar refractivity (Wildman–Crippen MR) is 93.1 cm³/mol. The van der Waals surface area contributed by atoms with Crippen LogP contribution in [0, 0.1) is 5.92 Å². The van der Waals surface area contributed by atoms with Crippen LogP contribution in [0.3, 0.4) is 0 Å². The Balaban J connectivity index is 1.74. The summed E-state index contributed by atoms with van der Waals surface area (Å²) in [5.74, 6) is -0.407. The number of carbonyl (C=O) groups is 1. The lowest BCUT2D eigenvalue weighted by Crippen LogP contribution is -2.49. The van der Waals surface area contributed by atoms with Gasteiger partial charge in [-0.15, -0.1) is 0 Å². The molecule has 0 aromatic heterocycles. The first-order valence-corrected chi connectivity index (χ1v) is 9.49. The molecule has 0 unspecified atom stereocenters. The highest BCUT2D eigenvalue weighted by atomic mass is 32.2. The number of amides is 1. The van der Waals surface area contributed by atoms with Gasteiger partial charge in [-0.25, -0.2) is 12.7 Å². The topological polar surface area (TPSA) is 90.5 Å². The number of rotatable bonds is 3. The van der Waals surface area contributed by atoms with E-state index >= 15 is 0 Å². The molecule has 7 nitrogen and oxygen atoms in total. The molecule has 0 radical (unpaired) electrons. The van der Waals surface area contributed by atoms with Gasteiger partial charge in [-0.2, -0.15) is 0 Å². The van der Waals surface area contributed by atoms with E-state index in [1.54, 1.807) is 0 Å². The van der Waals surface area contributed by atoms with Crippen molar-refractivity contribution in [3.8, 4) is 0 Å². The number of benzene rings is 1. The molecule has 1 aliphatic heterocycles. The second kappa shape index (κ2) is 7.71. The normalized spacial score (nSPS) is 16.6. The monoisotopic (exact) mass is 356 g/mol. The Labute approximate surface area is 141 Å². The number of hydrogen-bond acceptors (Lipinski definition) is 4. The third-order valence-electron chi connectivity index (χ3n) is 3.62. The molecule has 9 heteroatoms. The Morgan fingerprint density at radius 1 is 1.17 bits per heavy atom. The van der Waals surface area contributed by atoms with Crippen LogP contribution in [0.4, 0.5) is 5.69 Å². The van der Waals surface area contributed by atoms with E-state index < -0.39 is 10.0 Å². The van der Waals surface area contributed by atoms with Gasteiger partial charge >= 0.3 is 0 Å². The highest BCUT2D eigenvalue weighted by molar-refractivity contribution is 7.88. The average molecular weight is 356 g/mol. The van der Waals surface area contributed by atoms with Crippen LogP contribution in [-0.2, 0) is 14.8 Å². The second-order valence-corrected chi connectivity index (χ2v) is 7.76. The number of para-hydroxylation sites is 1. The Bertz CT molecular complexity index is 656. The molecule has 1 aromatic rings. The van der Waals surface area contributed by atoms with Gasteiger partial charge in [0.1, 0.15) is 0 Å². The second-order valence-electron chi connectivity index (χ2n) is 5.37. The summed E-state index contributed by atoms with van der Waals surface area (Å²) in [6, 6.07) is 9.36. The summed E-state index contributed by atoms with van der Waals surface area (Å²) in [4.78, 5) is 12.1. The highest BCUT2D eigenvalue weighted by Gasteiger charge is 2.28. The van der Waals surface area contributed by atoms with E-state index in [0.717, 1.165) is 5.69 Å². The predicted octanol–water partition coefficient (Wildman–Crippen LogP) is 0.676. The minimum absolute atomic E-state index is 0.185. The molecule has 1 heterocycles. The third-order valence-corrected chi connectivity index (χ3v) is 5.13. The molecule has 0 aliphatic carbocycles. The lowest BCUT2D eigenvalue weighted by atomic mass is 9.98. The molecule has 1 saturated heterocycles. The van der Waals surface area contributed by atoms with Gasteiger partial charge in [0.15, 0.2) is 5.11 Å². The van der Waals surface area contributed by atoms with Crippen molar-refractivity contribution in [2.75, 3.05) is 24.7 Å². The summed E-state index contributed by atoms with van der Waals surface area (Å²) in [7, 11) is -3.18. The maximum atomic E-state index is 12.1. The van der Waals surface area contributed by atoms with Crippen molar-refractivity contribution < 1.29 is 13.2 Å². The van der Waals surface area contributed by atoms with Crippen molar-refractivity contribution in [3.63, 3.8) is 0 Å². The zero-order valence-electron chi connectivity index (χ0n) is 12.8. The summed E-state index contributed by atoms with van der Waals surface area (Å²) in [6.45, 7) is 0.729. The van der Waals surface area contributed by atoms with E-state index in [1.807, 2.05) is 30.3 Å². The number of nitrogens with zero attached hydrogens (tertiary/aromatic N) is 1. The Morgan fingerprint density at radius 3 is 2.35 bits per heavy atom. The van der Waals surface area contributed by atoms with Gasteiger partial charge in [0.25, 0.3) is 0 Å². The number of hydrogen-bond donors (Lipinski definition) is 3. The van der Waals surface area contributed by atoms with E-state index in [1.165, 1.54) is 10.6 Å². The molecule has 0 spiro atoms. The van der Waals surface area contributed by atoms with E-state index in [4.69, 9.17) is 12.2 Å². The molecule has 0 atom stereocenters. The number of piperidine rings is 1. The Kier molecular flexibility index (Phi) is 5.91. The minimum atomic E-state index is -3.18. The Morgan fingerprint density at radius 2 is 1.78 bits per heavy atom. The molecular weight excluding hydrogens is 336 g/mol. The number of thiocarbonyl (C=S) groups is 1. The maximum Gasteiger partial charge on any atom is 0.241 e. The fraction of sp³-hybridized carbons (Fsp3) is 0.429. The zero-order chi connectivity index (χ0) is 16.9. The average Bonchev–Trinajstić information content (AvgIpc) is 2.53. The van der Waals surface area contributed by atoms with Crippen LogP contribution in [0.15, 0.2) is 30.3 Å². The SMILES string of the molecule is CS(=O)(=O)N1CCC(C(=O)NNC(=S)Nc2ccccc2)CC1. The van der Waals surface area contributed by atoms with Crippen molar-refractivity contribution in [3.05, 3.63) is 30.3 Å². The summed E-state index contributed by atoms with van der Waals surface area (Å²) in [6.07, 6.45) is 2.18. The lowest BCUT2D eigenvalue weighted by molar-refractivity contribution is -0.126. The van der Waals surface area contributed by atoms with Crippen LogP contribution in [0.1, 0.15) is 12.8 Å². The van der Waals surface area contributed by atoms with E-state index in [-0.39, 0.29) is 16.9 Å². The molecule has 126 valence electrons. The van der Waals surface area contributed by atoms with Gasteiger partial charge in [0, 0.05) is 24.7 Å². The van der Waals surface area contributed by atoms with Crippen molar-refractivity contribution in [1.29, 1.82) is 0 Å². The van der Waals surface area contributed by atoms with Gasteiger partial charge < -0.3 is 5.32 Å². The summed E-state index contributed by atoms with van der Waals surface area (Å²) < 4.78 is 24.3. The fourth-order valence-electron chi connectivity index (χ4n) is 2.35. The molecule has 0 saturated carbocycles. The maximum absolute atomic E-state index is 12.1. The zero-order valence-corrected chi connectivity index (χ0v) is 14.4. The first-order valence-electron chi connectivity index (χ1n) is 7.23. The van der Waals surface area contributed by atoms with Crippen molar-refractivity contribution in [2.24, 2.45) is 5.92 Å². The van der Waals surface area contributed by atoms with E-state index in [0.29, 0.717) is 25.9 Å². The van der Waals surface area contributed by atoms with Gasteiger partial charge in [-0.05, 0) is 37.2 Å². The number of nitrogens with one attached hydrogen (secondary N) is 3. The number of hydrazine groups is 1. The van der Waals surface area contributed by atoms with Crippen LogP contribution in [0.25, 0.3) is 0 Å². The van der Waals surface area contributed by atoms with Gasteiger partial charge in [-0.3, -0.25) is 15.6 Å². The van der Waals surface area contributed by atoms with Crippen molar-refractivity contribution in [1.82, 2.24) is 15.2 Å². The first kappa shape index (κ1) is 17.6. The van der Waals surface area contributed by atoms with Crippen LogP contribution in [-0.4, -0.2) is 43.1 Å². The number of carbonyl (C=O) groups excluding carboxylic acids is 1. The van der Waals surface area contributed by atoms with Gasteiger partial charge in [0.05, 0.1) is 6.26 Å². The van der Waals surface area contributed by atoms with Gasteiger partial charge in [-0.1, -0.05) is 18.2 Å². The Hall–Kier alpha value is -1.71. The minimum Gasteiger partial charge on any atom is -0.331 e. The van der Waals surface area contributed by atoms with Crippen LogP contribution < -0.4 is 16.2 Å². The summed E-state index contributed by atoms with van der Waals surface area (Å²) >= 11 is 5.10. The lowest BCUT2D eigenvalue weighted by Gasteiger charge is -2.29. The first-order chi connectivity index (χ1) is 10.9. The molecule has 2 rings (SSSR count). The standard InChI is InChI=1S/C14H20N4O3S2/c1-23(20,21)18-9-7-11(8-10-18)13(19)16-17-14(22)15-12-5-3-2-4-6-12/h2-6,11H,7-10H2,1H3,(H,16,19)(H2,15,17,22). The van der Waals surface area contributed by atoms with Crippen LogP contribution in [0.2, 0.25) is 0 Å². The largest absolute Gasteiger partial charge is 0.331 e. The van der Waals surface area contributed by atoms with Crippen LogP contribution >= 0.6 is 12.2 Å². The smallest absolute Gasteiger partial charge is 0.241 e. The molecule has 1 aliphatic rings. The molecular formula is C14H20N4O3S2. The van der Waals surface area contributed by atoms with Gasteiger partial charge in [0.2, 0.25) is 15.9 Å². The summed E-state index contributed by atoms with van der Waals surface area (Å²) in [5.41, 5.74) is 6.04. The number of sulfonamides is 1. The molecule has 1 aromatic carbocycles. The molecule has 23 heavy (non-hydrogen) atoms. The number of anilines is 1. The molecule has 3 N–H and O–H groups in total.